The quantitative estimate of drug-likeness (QED) is 0.429. The van der Waals surface area contributed by atoms with E-state index in [1.54, 1.807) is 25.5 Å². The zero-order valence-corrected chi connectivity index (χ0v) is 16.1. The number of hydrogen-bond donors (Lipinski definition) is 2. The van der Waals surface area contributed by atoms with Crippen molar-refractivity contribution >= 4 is 17.3 Å². The van der Waals surface area contributed by atoms with Crippen LogP contribution in [0.3, 0.4) is 0 Å². The summed E-state index contributed by atoms with van der Waals surface area (Å²) in [7, 11) is 3.42. The number of methoxy groups -OCH3 is 1. The first-order chi connectivity index (χ1) is 12.1. The molecule has 0 spiro atoms. The van der Waals surface area contributed by atoms with Crippen LogP contribution in [0.2, 0.25) is 0 Å². The number of aromatic nitrogens is 1. The van der Waals surface area contributed by atoms with Crippen LogP contribution in [0.1, 0.15) is 22.0 Å². The summed E-state index contributed by atoms with van der Waals surface area (Å²) in [6, 6.07) is 7.60. The van der Waals surface area contributed by atoms with Crippen LogP contribution >= 0.6 is 11.3 Å². The predicted octanol–water partition coefficient (Wildman–Crippen LogP) is 2.90. The smallest absolute Gasteiger partial charge is 0.191 e. The summed E-state index contributed by atoms with van der Waals surface area (Å²) in [4.78, 5) is 10.00. The number of ether oxygens (including phenoxy) is 2. The summed E-state index contributed by atoms with van der Waals surface area (Å²) in [5, 5.41) is 7.63. The van der Waals surface area contributed by atoms with Crippen LogP contribution in [0, 0.1) is 13.8 Å². The minimum Gasteiger partial charge on any atom is -0.497 e. The summed E-state index contributed by atoms with van der Waals surface area (Å²) in [6.45, 7) is 6.23. The molecule has 0 saturated heterocycles. The van der Waals surface area contributed by atoms with Gasteiger partial charge in [0.05, 0.1) is 26.0 Å². The molecule has 1 heterocycles. The Morgan fingerprint density at radius 1 is 1.16 bits per heavy atom. The fourth-order valence-electron chi connectivity index (χ4n) is 2.14. The van der Waals surface area contributed by atoms with Gasteiger partial charge in [-0.25, -0.2) is 4.98 Å². The van der Waals surface area contributed by atoms with Gasteiger partial charge in [0.15, 0.2) is 5.96 Å². The van der Waals surface area contributed by atoms with Gasteiger partial charge < -0.3 is 20.1 Å². The van der Waals surface area contributed by atoms with E-state index in [2.05, 4.69) is 27.5 Å². The number of aliphatic imine (C=N–C) groups is 1. The lowest BCUT2D eigenvalue weighted by Crippen LogP contribution is -2.37. The van der Waals surface area contributed by atoms with E-state index in [0.717, 1.165) is 41.1 Å². The second-order valence-electron chi connectivity index (χ2n) is 5.48. The van der Waals surface area contributed by atoms with E-state index in [1.807, 2.05) is 31.2 Å². The first-order valence-corrected chi connectivity index (χ1v) is 9.08. The molecular weight excluding hydrogens is 336 g/mol. The lowest BCUT2D eigenvalue weighted by molar-refractivity contribution is 0.310. The van der Waals surface area contributed by atoms with E-state index in [0.29, 0.717) is 13.2 Å². The molecule has 7 heteroatoms. The zero-order valence-electron chi connectivity index (χ0n) is 15.3. The number of thiazole rings is 1. The molecule has 0 bridgehead atoms. The maximum absolute atomic E-state index is 5.70. The van der Waals surface area contributed by atoms with Crippen LogP contribution in [0.15, 0.2) is 29.3 Å². The molecule has 0 radical (unpaired) electrons. The second kappa shape index (κ2) is 9.88. The molecule has 0 fully saturated rings. The molecule has 0 aliphatic heterocycles. The topological polar surface area (TPSA) is 67.8 Å². The molecule has 1 aromatic carbocycles. The number of aryl methyl sites for hydroxylation is 2. The molecule has 0 aliphatic carbocycles. The summed E-state index contributed by atoms with van der Waals surface area (Å²) < 4.78 is 10.8. The van der Waals surface area contributed by atoms with Gasteiger partial charge in [-0.1, -0.05) is 0 Å². The fraction of sp³-hybridized carbons (Fsp3) is 0.444. The summed E-state index contributed by atoms with van der Waals surface area (Å²) in [6.07, 6.45) is 0.877. The normalized spacial score (nSPS) is 11.3. The molecule has 1 aromatic heterocycles. The van der Waals surface area contributed by atoms with Crippen LogP contribution in [0.25, 0.3) is 0 Å². The number of benzene rings is 1. The van der Waals surface area contributed by atoms with Crippen LogP contribution in [-0.2, 0) is 6.54 Å². The molecular formula is C18H26N4O2S. The largest absolute Gasteiger partial charge is 0.497 e. The lowest BCUT2D eigenvalue weighted by atomic mass is 10.3. The van der Waals surface area contributed by atoms with Crippen molar-refractivity contribution in [3.05, 3.63) is 39.8 Å². The lowest BCUT2D eigenvalue weighted by Gasteiger charge is -2.11. The predicted molar refractivity (Wildman–Crippen MR) is 103 cm³/mol. The minimum atomic E-state index is 0.640. The van der Waals surface area contributed by atoms with Gasteiger partial charge in [-0.2, -0.15) is 0 Å². The van der Waals surface area contributed by atoms with Gasteiger partial charge in [-0.15, -0.1) is 11.3 Å². The Morgan fingerprint density at radius 3 is 2.48 bits per heavy atom. The molecule has 6 nitrogen and oxygen atoms in total. The first kappa shape index (κ1) is 19.1. The number of nitrogens with zero attached hydrogens (tertiary/aromatic N) is 2. The first-order valence-electron chi connectivity index (χ1n) is 8.26. The molecule has 0 aliphatic rings. The maximum Gasteiger partial charge on any atom is 0.191 e. The molecule has 0 amide bonds. The maximum atomic E-state index is 5.70. The molecule has 25 heavy (non-hydrogen) atoms. The van der Waals surface area contributed by atoms with Crippen LogP contribution < -0.4 is 20.1 Å². The van der Waals surface area contributed by atoms with Gasteiger partial charge in [0.2, 0.25) is 0 Å². The van der Waals surface area contributed by atoms with Crippen molar-refractivity contribution in [1.29, 1.82) is 0 Å². The Balaban J connectivity index is 1.63. The molecule has 2 N–H and O–H groups in total. The van der Waals surface area contributed by atoms with E-state index in [4.69, 9.17) is 9.47 Å². The highest BCUT2D eigenvalue weighted by Gasteiger charge is 2.04. The van der Waals surface area contributed by atoms with Crippen molar-refractivity contribution in [2.45, 2.75) is 26.8 Å². The highest BCUT2D eigenvalue weighted by atomic mass is 32.1. The Bertz CT molecular complexity index is 663. The van der Waals surface area contributed by atoms with Crippen LogP contribution in [0.4, 0.5) is 0 Å². The molecule has 2 aromatic rings. The van der Waals surface area contributed by atoms with E-state index >= 15 is 0 Å². The Morgan fingerprint density at radius 2 is 1.88 bits per heavy atom. The van der Waals surface area contributed by atoms with E-state index in [9.17, 15) is 0 Å². The van der Waals surface area contributed by atoms with Crippen molar-refractivity contribution < 1.29 is 9.47 Å². The Labute approximate surface area is 153 Å². The number of rotatable bonds is 8. The molecule has 0 unspecified atom stereocenters. The van der Waals surface area contributed by atoms with Gasteiger partial charge in [0.25, 0.3) is 0 Å². The highest BCUT2D eigenvalue weighted by molar-refractivity contribution is 7.11. The van der Waals surface area contributed by atoms with Gasteiger partial charge in [-0.3, -0.25) is 4.99 Å². The van der Waals surface area contributed by atoms with Gasteiger partial charge >= 0.3 is 0 Å². The summed E-state index contributed by atoms with van der Waals surface area (Å²) in [5.74, 6) is 2.45. The Hall–Kier alpha value is -2.28. The number of hydrogen-bond acceptors (Lipinski definition) is 5. The standard InChI is InChI=1S/C18H26N4O2S/c1-13-14(2)25-17(22-13)12-21-18(19-3)20-10-5-11-24-16-8-6-15(23-4)7-9-16/h6-9H,5,10-12H2,1-4H3,(H2,19,20,21). The monoisotopic (exact) mass is 362 g/mol. The third kappa shape index (κ3) is 6.26. The van der Waals surface area contributed by atoms with Gasteiger partial charge in [0, 0.05) is 18.5 Å². The fourth-order valence-corrected chi connectivity index (χ4v) is 3.01. The van der Waals surface area contributed by atoms with Crippen molar-refractivity contribution in [3.8, 4) is 11.5 Å². The highest BCUT2D eigenvalue weighted by Crippen LogP contribution is 2.17. The van der Waals surface area contributed by atoms with Crippen molar-refractivity contribution in [3.63, 3.8) is 0 Å². The van der Waals surface area contributed by atoms with Crippen molar-refractivity contribution in [2.24, 2.45) is 4.99 Å². The minimum absolute atomic E-state index is 0.640. The van der Waals surface area contributed by atoms with Gasteiger partial charge in [-0.05, 0) is 44.5 Å². The van der Waals surface area contributed by atoms with Crippen LogP contribution in [0.5, 0.6) is 11.5 Å². The van der Waals surface area contributed by atoms with E-state index in [1.165, 1.54) is 4.88 Å². The van der Waals surface area contributed by atoms with Crippen LogP contribution in [-0.4, -0.2) is 38.3 Å². The average molecular weight is 362 g/mol. The molecule has 2 rings (SSSR count). The summed E-state index contributed by atoms with van der Waals surface area (Å²) >= 11 is 1.71. The van der Waals surface area contributed by atoms with E-state index < -0.39 is 0 Å². The third-order valence-electron chi connectivity index (χ3n) is 3.65. The zero-order chi connectivity index (χ0) is 18.1. The number of guanidine groups is 1. The van der Waals surface area contributed by atoms with E-state index in [-0.39, 0.29) is 0 Å². The number of nitrogens with one attached hydrogen (secondary N) is 2. The average Bonchev–Trinajstić information content (AvgIpc) is 2.95. The molecule has 136 valence electrons. The molecule has 0 saturated carbocycles. The van der Waals surface area contributed by atoms with Gasteiger partial charge in [0.1, 0.15) is 16.5 Å². The molecule has 0 atom stereocenters. The summed E-state index contributed by atoms with van der Waals surface area (Å²) in [5.41, 5.74) is 1.10. The van der Waals surface area contributed by atoms with Crippen molar-refractivity contribution in [1.82, 2.24) is 15.6 Å². The third-order valence-corrected chi connectivity index (χ3v) is 4.72. The van der Waals surface area contributed by atoms with Crippen molar-refractivity contribution in [2.75, 3.05) is 27.3 Å². The Kier molecular flexibility index (Phi) is 7.53. The SMILES string of the molecule is CN=C(NCCCOc1ccc(OC)cc1)NCc1nc(C)c(C)s1. The second-order valence-corrected chi connectivity index (χ2v) is 6.77.